The maximum Gasteiger partial charge on any atom is 0.269 e. The van der Waals surface area contributed by atoms with E-state index in [4.69, 9.17) is 0 Å². The van der Waals surface area contributed by atoms with Crippen molar-refractivity contribution in [3.05, 3.63) is 70.8 Å². The summed E-state index contributed by atoms with van der Waals surface area (Å²) in [6, 6.07) is 8.86. The van der Waals surface area contributed by atoms with Gasteiger partial charge in [0.1, 0.15) is 23.2 Å². The highest BCUT2D eigenvalue weighted by molar-refractivity contribution is 5.99. The van der Waals surface area contributed by atoms with Gasteiger partial charge in [0.05, 0.1) is 0 Å². The van der Waals surface area contributed by atoms with Crippen molar-refractivity contribution in [2.24, 2.45) is 5.92 Å². The molecule has 1 unspecified atom stereocenters. The third-order valence-electron chi connectivity index (χ3n) is 4.74. The van der Waals surface area contributed by atoms with E-state index in [2.05, 4.69) is 36.9 Å². The van der Waals surface area contributed by atoms with Gasteiger partial charge in [0, 0.05) is 5.56 Å². The van der Waals surface area contributed by atoms with E-state index in [1.54, 1.807) is 26.0 Å². The fourth-order valence-corrected chi connectivity index (χ4v) is 2.85. The zero-order valence-electron chi connectivity index (χ0n) is 18.2. The number of amides is 3. The van der Waals surface area contributed by atoms with Crippen LogP contribution in [0.4, 0.5) is 8.78 Å². The topological polar surface area (TPSA) is 87.3 Å². The van der Waals surface area contributed by atoms with E-state index in [0.29, 0.717) is 5.56 Å². The van der Waals surface area contributed by atoms with Crippen molar-refractivity contribution in [3.63, 3.8) is 0 Å². The average molecular weight is 431 g/mol. The van der Waals surface area contributed by atoms with Gasteiger partial charge in [-0.1, -0.05) is 52.8 Å². The van der Waals surface area contributed by atoms with Crippen molar-refractivity contribution in [2.75, 3.05) is 0 Å². The Kier molecular flexibility index (Phi) is 7.49. The Morgan fingerprint density at radius 1 is 0.839 bits per heavy atom. The summed E-state index contributed by atoms with van der Waals surface area (Å²) in [5, 5.41) is 2.32. The monoisotopic (exact) mass is 431 g/mol. The molecule has 31 heavy (non-hydrogen) atoms. The lowest BCUT2D eigenvalue weighted by molar-refractivity contribution is -0.124. The Hall–Kier alpha value is -3.29. The first kappa shape index (κ1) is 24.0. The van der Waals surface area contributed by atoms with Crippen molar-refractivity contribution in [1.82, 2.24) is 16.2 Å². The lowest BCUT2D eigenvalue weighted by Crippen LogP contribution is -2.54. The van der Waals surface area contributed by atoms with E-state index in [1.165, 1.54) is 0 Å². The molecule has 3 amide bonds. The number of rotatable bonds is 5. The molecule has 0 aliphatic carbocycles. The molecule has 0 radical (unpaired) electrons. The molecule has 0 fully saturated rings. The molecule has 6 nitrogen and oxygen atoms in total. The van der Waals surface area contributed by atoms with Crippen LogP contribution in [-0.4, -0.2) is 23.8 Å². The highest BCUT2D eigenvalue weighted by Gasteiger charge is 2.27. The van der Waals surface area contributed by atoms with Crippen LogP contribution in [0, 0.1) is 17.6 Å². The van der Waals surface area contributed by atoms with Gasteiger partial charge < -0.3 is 5.32 Å². The molecule has 0 spiro atoms. The fraction of sp³-hybridized carbons (Fsp3) is 0.348. The van der Waals surface area contributed by atoms with Crippen molar-refractivity contribution >= 4 is 17.7 Å². The van der Waals surface area contributed by atoms with Gasteiger partial charge in [-0.2, -0.15) is 0 Å². The van der Waals surface area contributed by atoms with E-state index >= 15 is 0 Å². The zero-order valence-corrected chi connectivity index (χ0v) is 18.2. The molecule has 2 rings (SSSR count). The molecule has 0 saturated heterocycles. The van der Waals surface area contributed by atoms with Gasteiger partial charge in [-0.3, -0.25) is 25.2 Å². The van der Waals surface area contributed by atoms with Gasteiger partial charge in [0.2, 0.25) is 0 Å². The third-order valence-corrected chi connectivity index (χ3v) is 4.74. The first-order chi connectivity index (χ1) is 14.4. The van der Waals surface area contributed by atoms with Crippen LogP contribution >= 0.6 is 0 Å². The van der Waals surface area contributed by atoms with Crippen LogP contribution in [0.25, 0.3) is 0 Å². The minimum atomic E-state index is -1.13. The summed E-state index contributed by atoms with van der Waals surface area (Å²) in [5.74, 6) is -4.81. The van der Waals surface area contributed by atoms with E-state index in [9.17, 15) is 23.2 Å². The number of hydrogen-bond donors (Lipinski definition) is 3. The summed E-state index contributed by atoms with van der Waals surface area (Å²) in [6.45, 7) is 9.45. The molecule has 2 aromatic carbocycles. The van der Waals surface area contributed by atoms with Crippen molar-refractivity contribution in [1.29, 1.82) is 0 Å². The molecule has 166 valence electrons. The number of hydrazine groups is 1. The normalized spacial score (nSPS) is 12.3. The first-order valence-corrected chi connectivity index (χ1v) is 9.87. The Balaban J connectivity index is 2.04. The lowest BCUT2D eigenvalue weighted by atomic mass is 9.87. The summed E-state index contributed by atoms with van der Waals surface area (Å²) in [7, 11) is 0. The highest BCUT2D eigenvalue weighted by atomic mass is 19.1. The van der Waals surface area contributed by atoms with Crippen LogP contribution in [0.15, 0.2) is 42.5 Å². The molecular weight excluding hydrogens is 404 g/mol. The summed E-state index contributed by atoms with van der Waals surface area (Å²) in [6.07, 6.45) is 0. The number of benzene rings is 2. The minimum absolute atomic E-state index is 0.0659. The first-order valence-electron chi connectivity index (χ1n) is 9.87. The number of nitrogens with one attached hydrogen (secondary N) is 3. The Morgan fingerprint density at radius 2 is 1.39 bits per heavy atom. The van der Waals surface area contributed by atoms with Gasteiger partial charge in [0.15, 0.2) is 0 Å². The Bertz CT molecular complexity index is 947. The SMILES string of the molecule is CC(C)C(NC(=O)c1c(F)cccc1F)C(=O)NNC(=O)c1ccc(C(C)(C)C)cc1. The maximum absolute atomic E-state index is 13.8. The lowest BCUT2D eigenvalue weighted by Gasteiger charge is -2.22. The molecule has 8 heteroatoms. The molecule has 3 N–H and O–H groups in total. The van der Waals surface area contributed by atoms with Gasteiger partial charge in [-0.15, -0.1) is 0 Å². The standard InChI is InChI=1S/C23H27F2N3O3/c1-13(2)19(26-21(30)18-16(24)7-6-8-17(18)25)22(31)28-27-20(29)14-9-11-15(12-10-14)23(3,4)5/h6-13,19H,1-5H3,(H,26,30)(H,27,29)(H,28,31). The summed E-state index contributed by atoms with van der Waals surface area (Å²) in [4.78, 5) is 37.2. The number of hydrogen-bond acceptors (Lipinski definition) is 3. The summed E-state index contributed by atoms with van der Waals surface area (Å²) in [5.41, 5.74) is 5.09. The van der Waals surface area contributed by atoms with Gasteiger partial charge >= 0.3 is 0 Å². The molecule has 0 saturated carbocycles. The van der Waals surface area contributed by atoms with Gasteiger partial charge in [-0.05, 0) is 41.2 Å². The van der Waals surface area contributed by atoms with Crippen LogP contribution in [0.1, 0.15) is 60.9 Å². The molecule has 0 heterocycles. The number of carbonyl (C=O) groups is 3. The second kappa shape index (κ2) is 9.68. The van der Waals surface area contributed by atoms with Crippen LogP contribution < -0.4 is 16.2 Å². The molecule has 1 atom stereocenters. The molecule has 0 aliphatic rings. The van der Waals surface area contributed by atoms with E-state index in [0.717, 1.165) is 23.8 Å². The van der Waals surface area contributed by atoms with E-state index in [-0.39, 0.29) is 5.41 Å². The Labute approximate surface area is 180 Å². The largest absolute Gasteiger partial charge is 0.340 e. The second-order valence-electron chi connectivity index (χ2n) is 8.56. The minimum Gasteiger partial charge on any atom is -0.340 e. The molecule has 0 aromatic heterocycles. The molecular formula is C23H27F2N3O3. The third kappa shape index (κ3) is 6.10. The smallest absolute Gasteiger partial charge is 0.269 e. The summed E-state index contributed by atoms with van der Waals surface area (Å²) < 4.78 is 27.7. The Morgan fingerprint density at radius 3 is 1.87 bits per heavy atom. The van der Waals surface area contributed by atoms with E-state index in [1.807, 2.05) is 12.1 Å². The van der Waals surface area contributed by atoms with Gasteiger partial charge in [-0.25, -0.2) is 8.78 Å². The summed E-state index contributed by atoms with van der Waals surface area (Å²) >= 11 is 0. The average Bonchev–Trinajstić information content (AvgIpc) is 2.69. The van der Waals surface area contributed by atoms with Crippen molar-refractivity contribution in [2.45, 2.75) is 46.1 Å². The van der Waals surface area contributed by atoms with Crippen LogP contribution in [0.5, 0.6) is 0 Å². The van der Waals surface area contributed by atoms with Crippen LogP contribution in [0.2, 0.25) is 0 Å². The van der Waals surface area contributed by atoms with Crippen LogP contribution in [-0.2, 0) is 10.2 Å². The highest BCUT2D eigenvalue weighted by Crippen LogP contribution is 2.22. The van der Waals surface area contributed by atoms with Gasteiger partial charge in [0.25, 0.3) is 17.7 Å². The predicted octanol–water partition coefficient (Wildman–Crippen LogP) is 3.48. The molecule has 0 bridgehead atoms. The van der Waals surface area contributed by atoms with Crippen molar-refractivity contribution < 1.29 is 23.2 Å². The number of halogens is 2. The molecule has 0 aliphatic heterocycles. The molecule has 2 aromatic rings. The van der Waals surface area contributed by atoms with E-state index < -0.39 is 46.9 Å². The van der Waals surface area contributed by atoms with Crippen molar-refractivity contribution in [3.8, 4) is 0 Å². The predicted molar refractivity (Wildman–Crippen MR) is 113 cm³/mol. The number of carbonyl (C=O) groups excluding carboxylic acids is 3. The van der Waals surface area contributed by atoms with Crippen LogP contribution in [0.3, 0.4) is 0 Å². The zero-order chi connectivity index (χ0) is 23.3. The second-order valence-corrected chi connectivity index (χ2v) is 8.56. The quantitative estimate of drug-likeness (QED) is 0.634. The maximum atomic E-state index is 13.8. The fourth-order valence-electron chi connectivity index (χ4n) is 2.85.